The normalized spacial score (nSPS) is 11.2. The number of halogens is 1. The molecule has 0 atom stereocenters. The second kappa shape index (κ2) is 8.56. The van der Waals surface area contributed by atoms with Gasteiger partial charge in [0.1, 0.15) is 0 Å². The van der Waals surface area contributed by atoms with Crippen LogP contribution in [0.15, 0.2) is 47.4 Å². The van der Waals surface area contributed by atoms with Gasteiger partial charge in [-0.05, 0) is 53.3 Å². The molecule has 0 aliphatic heterocycles. The minimum absolute atomic E-state index is 0.0419. The number of carbonyl (C=O) groups is 1. The zero-order valence-electron chi connectivity index (χ0n) is 13.7. The van der Waals surface area contributed by atoms with E-state index in [9.17, 15) is 23.3 Å². The molecule has 26 heavy (non-hydrogen) atoms. The molecule has 0 bridgehead atoms. The summed E-state index contributed by atoms with van der Waals surface area (Å²) in [5.74, 6) is -0.308. The van der Waals surface area contributed by atoms with Crippen molar-refractivity contribution in [1.29, 1.82) is 0 Å². The smallest absolute Gasteiger partial charge is 0.270 e. The minimum atomic E-state index is -3.90. The summed E-state index contributed by atoms with van der Waals surface area (Å²) in [6.45, 7) is 1.98. The van der Waals surface area contributed by atoms with Crippen molar-refractivity contribution in [1.82, 2.24) is 10.0 Å². The van der Waals surface area contributed by atoms with Gasteiger partial charge in [0, 0.05) is 34.4 Å². The van der Waals surface area contributed by atoms with Crippen LogP contribution in [0.5, 0.6) is 0 Å². The molecule has 0 unspecified atom stereocenters. The van der Waals surface area contributed by atoms with Crippen LogP contribution in [-0.2, 0) is 10.0 Å². The Balaban J connectivity index is 1.92. The topological polar surface area (TPSA) is 118 Å². The first-order valence-electron chi connectivity index (χ1n) is 7.49. The molecule has 10 heteroatoms. The average Bonchev–Trinajstić information content (AvgIpc) is 2.61. The van der Waals surface area contributed by atoms with Gasteiger partial charge in [-0.2, -0.15) is 0 Å². The minimum Gasteiger partial charge on any atom is -0.351 e. The van der Waals surface area contributed by atoms with Crippen molar-refractivity contribution in [3.8, 4) is 0 Å². The van der Waals surface area contributed by atoms with Crippen LogP contribution in [-0.4, -0.2) is 32.3 Å². The number of nitrogens with one attached hydrogen (secondary N) is 2. The summed E-state index contributed by atoms with van der Waals surface area (Å²) in [6, 6.07) is 10.0. The Labute approximate surface area is 164 Å². The Morgan fingerprint density at radius 2 is 1.92 bits per heavy atom. The molecule has 0 heterocycles. The van der Waals surface area contributed by atoms with Gasteiger partial charge in [-0.15, -0.1) is 0 Å². The molecular formula is C16H16IN3O5S. The molecule has 0 aromatic heterocycles. The number of hydrogen-bond donors (Lipinski definition) is 2. The summed E-state index contributed by atoms with van der Waals surface area (Å²) in [5.41, 5.74) is 1.24. The molecule has 0 spiro atoms. The lowest BCUT2D eigenvalue weighted by Gasteiger charge is -2.09. The maximum Gasteiger partial charge on any atom is 0.270 e. The molecule has 138 valence electrons. The van der Waals surface area contributed by atoms with Crippen LogP contribution >= 0.6 is 22.6 Å². The number of non-ortho nitro benzene ring substituents is 1. The molecule has 0 fully saturated rings. The quantitative estimate of drug-likeness (QED) is 0.268. The molecule has 0 saturated heterocycles. The number of carbonyl (C=O) groups excluding carboxylic acids is 1. The predicted molar refractivity (Wildman–Crippen MR) is 105 cm³/mol. The van der Waals surface area contributed by atoms with Gasteiger partial charge in [-0.25, -0.2) is 13.1 Å². The van der Waals surface area contributed by atoms with Crippen molar-refractivity contribution in [2.75, 3.05) is 13.1 Å². The molecule has 2 aromatic rings. The zero-order valence-corrected chi connectivity index (χ0v) is 16.7. The lowest BCUT2D eigenvalue weighted by atomic mass is 10.1. The number of hydrogen-bond acceptors (Lipinski definition) is 5. The molecule has 0 aliphatic rings. The number of amides is 1. The Hall–Kier alpha value is -2.05. The lowest BCUT2D eigenvalue weighted by molar-refractivity contribution is -0.385. The van der Waals surface area contributed by atoms with Gasteiger partial charge in [0.15, 0.2) is 0 Å². The van der Waals surface area contributed by atoms with Crippen molar-refractivity contribution in [3.63, 3.8) is 0 Å². The summed E-state index contributed by atoms with van der Waals surface area (Å²) >= 11 is 2.13. The van der Waals surface area contributed by atoms with Crippen LogP contribution < -0.4 is 10.0 Å². The van der Waals surface area contributed by atoms with E-state index in [2.05, 4.69) is 32.6 Å². The van der Waals surface area contributed by atoms with Crippen molar-refractivity contribution in [2.24, 2.45) is 0 Å². The number of sulfonamides is 1. The number of aryl methyl sites for hydroxylation is 1. The van der Waals surface area contributed by atoms with Gasteiger partial charge in [0.05, 0.1) is 9.82 Å². The first kappa shape index (κ1) is 20.3. The van der Waals surface area contributed by atoms with E-state index in [4.69, 9.17) is 0 Å². The van der Waals surface area contributed by atoms with Gasteiger partial charge in [-0.3, -0.25) is 14.9 Å². The highest BCUT2D eigenvalue weighted by molar-refractivity contribution is 14.1. The van der Waals surface area contributed by atoms with E-state index in [1.165, 1.54) is 18.2 Å². The fourth-order valence-electron chi connectivity index (χ4n) is 2.05. The molecule has 8 nitrogen and oxygen atoms in total. The molecule has 0 radical (unpaired) electrons. The first-order valence-corrected chi connectivity index (χ1v) is 10.1. The third-order valence-electron chi connectivity index (χ3n) is 3.48. The van der Waals surface area contributed by atoms with E-state index in [1.54, 1.807) is 12.1 Å². The lowest BCUT2D eigenvalue weighted by Crippen LogP contribution is -2.34. The SMILES string of the molecule is Cc1ccc(C(=O)NCCNS(=O)(=O)c2cccc([N+](=O)[O-])c2)cc1I. The molecule has 2 aromatic carbocycles. The van der Waals surface area contributed by atoms with Gasteiger partial charge in [-0.1, -0.05) is 12.1 Å². The van der Waals surface area contributed by atoms with Crippen LogP contribution in [0.1, 0.15) is 15.9 Å². The third kappa shape index (κ3) is 5.22. The molecule has 0 aliphatic carbocycles. The highest BCUT2D eigenvalue weighted by atomic mass is 127. The van der Waals surface area contributed by atoms with Gasteiger partial charge >= 0.3 is 0 Å². The maximum atomic E-state index is 12.2. The van der Waals surface area contributed by atoms with Gasteiger partial charge in [0.25, 0.3) is 11.6 Å². The predicted octanol–water partition coefficient (Wildman–Crippen LogP) is 2.22. The Kier molecular flexibility index (Phi) is 6.67. The number of nitrogens with zero attached hydrogens (tertiary/aromatic N) is 1. The standard InChI is InChI=1S/C16H16IN3O5S/c1-11-5-6-12(9-15(11)17)16(21)18-7-8-19-26(24,25)14-4-2-3-13(10-14)20(22)23/h2-6,9-10,19H,7-8H2,1H3,(H,18,21). The van der Waals surface area contributed by atoms with E-state index in [0.29, 0.717) is 5.56 Å². The van der Waals surface area contributed by atoms with Crippen LogP contribution in [0.3, 0.4) is 0 Å². The Bertz CT molecular complexity index is 947. The Morgan fingerprint density at radius 3 is 2.58 bits per heavy atom. The number of nitro groups is 1. The molecule has 1 amide bonds. The molecular weight excluding hydrogens is 473 g/mol. The van der Waals surface area contributed by atoms with Crippen LogP contribution in [0.4, 0.5) is 5.69 Å². The Morgan fingerprint density at radius 1 is 1.19 bits per heavy atom. The molecule has 2 rings (SSSR count). The van der Waals surface area contributed by atoms with Crippen LogP contribution in [0, 0.1) is 20.6 Å². The fraction of sp³-hybridized carbons (Fsp3) is 0.188. The molecule has 2 N–H and O–H groups in total. The maximum absolute atomic E-state index is 12.2. The third-order valence-corrected chi connectivity index (χ3v) is 6.10. The van der Waals surface area contributed by atoms with E-state index < -0.39 is 14.9 Å². The fourth-order valence-corrected chi connectivity index (χ4v) is 3.63. The van der Waals surface area contributed by atoms with Gasteiger partial charge in [0.2, 0.25) is 10.0 Å². The second-order valence-electron chi connectivity index (χ2n) is 5.37. The van der Waals surface area contributed by atoms with Crippen molar-refractivity contribution >= 4 is 44.2 Å². The molecule has 0 saturated carbocycles. The zero-order chi connectivity index (χ0) is 19.3. The van der Waals surface area contributed by atoms with E-state index >= 15 is 0 Å². The van der Waals surface area contributed by atoms with E-state index in [0.717, 1.165) is 15.2 Å². The summed E-state index contributed by atoms with van der Waals surface area (Å²) in [5, 5.41) is 13.4. The number of rotatable bonds is 7. The van der Waals surface area contributed by atoms with Gasteiger partial charge < -0.3 is 5.32 Å². The van der Waals surface area contributed by atoms with Crippen molar-refractivity contribution in [2.45, 2.75) is 11.8 Å². The van der Waals surface area contributed by atoms with E-state index in [1.807, 2.05) is 13.0 Å². The largest absolute Gasteiger partial charge is 0.351 e. The first-order chi connectivity index (χ1) is 12.2. The second-order valence-corrected chi connectivity index (χ2v) is 8.30. The van der Waals surface area contributed by atoms with Crippen LogP contribution in [0.2, 0.25) is 0 Å². The average molecular weight is 489 g/mol. The summed E-state index contributed by atoms with van der Waals surface area (Å²) in [7, 11) is -3.90. The van der Waals surface area contributed by atoms with Crippen molar-refractivity contribution in [3.05, 3.63) is 67.3 Å². The van der Waals surface area contributed by atoms with Crippen molar-refractivity contribution < 1.29 is 18.1 Å². The highest BCUT2D eigenvalue weighted by Gasteiger charge is 2.17. The van der Waals surface area contributed by atoms with E-state index in [-0.39, 0.29) is 29.6 Å². The number of nitro benzene ring substituents is 1. The monoisotopic (exact) mass is 489 g/mol. The number of benzene rings is 2. The summed E-state index contributed by atoms with van der Waals surface area (Å²) in [6.07, 6.45) is 0. The van der Waals surface area contributed by atoms with Crippen LogP contribution in [0.25, 0.3) is 0 Å². The summed E-state index contributed by atoms with van der Waals surface area (Å²) < 4.78 is 27.6. The highest BCUT2D eigenvalue weighted by Crippen LogP contribution is 2.17. The summed E-state index contributed by atoms with van der Waals surface area (Å²) in [4.78, 5) is 21.9.